The van der Waals surface area contributed by atoms with Gasteiger partial charge in [-0.05, 0) is 43.0 Å². The molecular formula is C22H30N2O2. The quantitative estimate of drug-likeness (QED) is 0.701. The van der Waals surface area contributed by atoms with Gasteiger partial charge in [-0.1, -0.05) is 43.5 Å². The van der Waals surface area contributed by atoms with E-state index >= 15 is 0 Å². The first-order valence-electron chi connectivity index (χ1n) is 9.67. The van der Waals surface area contributed by atoms with Crippen molar-refractivity contribution in [3.05, 3.63) is 59.4 Å². The molecule has 1 fully saturated rings. The molecule has 0 unspecified atom stereocenters. The van der Waals surface area contributed by atoms with E-state index in [0.717, 1.165) is 13.1 Å². The molecule has 0 saturated heterocycles. The second kappa shape index (κ2) is 9.04. The Morgan fingerprint density at radius 2 is 1.92 bits per heavy atom. The number of hydrogen-bond donors (Lipinski definition) is 0. The van der Waals surface area contributed by atoms with Crippen molar-refractivity contribution in [3.63, 3.8) is 0 Å². The molecule has 0 atom stereocenters. The third-order valence-corrected chi connectivity index (χ3v) is 5.54. The van der Waals surface area contributed by atoms with E-state index < -0.39 is 0 Å². The summed E-state index contributed by atoms with van der Waals surface area (Å²) in [7, 11) is 1.47. The number of aryl methyl sites for hydroxylation is 1. The average molecular weight is 354 g/mol. The Kier molecular flexibility index (Phi) is 6.51. The van der Waals surface area contributed by atoms with Gasteiger partial charge >= 0.3 is 5.97 Å². The van der Waals surface area contributed by atoms with Crippen molar-refractivity contribution in [3.8, 4) is 0 Å². The lowest BCUT2D eigenvalue weighted by atomic mass is 9.94. The SMILES string of the molecule is COC(=O)CN(Cc1cccn1Cc1ccccc1C)C1CCCCC1. The van der Waals surface area contributed by atoms with Crippen LogP contribution in [0, 0.1) is 6.92 Å². The fraction of sp³-hybridized carbons (Fsp3) is 0.500. The van der Waals surface area contributed by atoms with Gasteiger partial charge in [0.2, 0.25) is 0 Å². The molecule has 1 aliphatic rings. The topological polar surface area (TPSA) is 34.5 Å². The minimum atomic E-state index is -0.146. The third kappa shape index (κ3) is 4.76. The average Bonchev–Trinajstić information content (AvgIpc) is 3.10. The Hall–Kier alpha value is -2.07. The summed E-state index contributed by atoms with van der Waals surface area (Å²) >= 11 is 0. The van der Waals surface area contributed by atoms with E-state index in [9.17, 15) is 4.79 Å². The zero-order valence-electron chi connectivity index (χ0n) is 16.0. The molecule has 26 heavy (non-hydrogen) atoms. The molecule has 0 N–H and O–H groups in total. The molecule has 0 spiro atoms. The maximum absolute atomic E-state index is 11.9. The van der Waals surface area contributed by atoms with Gasteiger partial charge in [-0.15, -0.1) is 0 Å². The maximum Gasteiger partial charge on any atom is 0.319 e. The Labute approximate surface area is 156 Å². The van der Waals surface area contributed by atoms with E-state index in [1.807, 2.05) is 0 Å². The van der Waals surface area contributed by atoms with E-state index in [2.05, 4.69) is 59.0 Å². The van der Waals surface area contributed by atoms with Crippen molar-refractivity contribution in [1.29, 1.82) is 0 Å². The number of carbonyl (C=O) groups is 1. The number of esters is 1. The molecule has 0 amide bonds. The van der Waals surface area contributed by atoms with Crippen molar-refractivity contribution in [1.82, 2.24) is 9.47 Å². The van der Waals surface area contributed by atoms with Crippen LogP contribution < -0.4 is 0 Å². The highest BCUT2D eigenvalue weighted by atomic mass is 16.5. The van der Waals surface area contributed by atoms with Crippen LogP contribution in [0.2, 0.25) is 0 Å². The second-order valence-corrected chi connectivity index (χ2v) is 7.33. The first-order valence-corrected chi connectivity index (χ1v) is 9.67. The maximum atomic E-state index is 11.9. The predicted octanol–water partition coefficient (Wildman–Crippen LogP) is 4.15. The zero-order valence-corrected chi connectivity index (χ0v) is 16.0. The fourth-order valence-corrected chi connectivity index (χ4v) is 3.92. The minimum Gasteiger partial charge on any atom is -0.468 e. The van der Waals surface area contributed by atoms with Gasteiger partial charge in [0.05, 0.1) is 13.7 Å². The number of ether oxygens (including phenoxy) is 1. The van der Waals surface area contributed by atoms with E-state index in [0.29, 0.717) is 12.6 Å². The highest BCUT2D eigenvalue weighted by Gasteiger charge is 2.24. The summed E-state index contributed by atoms with van der Waals surface area (Å²) in [4.78, 5) is 14.3. The Morgan fingerprint density at radius 1 is 1.15 bits per heavy atom. The molecule has 1 saturated carbocycles. The number of hydrogen-bond acceptors (Lipinski definition) is 3. The van der Waals surface area contributed by atoms with Gasteiger partial charge in [0.25, 0.3) is 0 Å². The second-order valence-electron chi connectivity index (χ2n) is 7.33. The Bertz CT molecular complexity index is 716. The van der Waals surface area contributed by atoms with Crippen LogP contribution in [0.4, 0.5) is 0 Å². The van der Waals surface area contributed by atoms with Crippen LogP contribution >= 0.6 is 0 Å². The lowest BCUT2D eigenvalue weighted by molar-refractivity contribution is -0.143. The first kappa shape index (κ1) is 18.7. The van der Waals surface area contributed by atoms with Gasteiger partial charge in [0, 0.05) is 31.0 Å². The summed E-state index contributed by atoms with van der Waals surface area (Å²) in [6.07, 6.45) is 8.31. The Morgan fingerprint density at radius 3 is 2.65 bits per heavy atom. The van der Waals surface area contributed by atoms with Crippen molar-refractivity contribution < 1.29 is 9.53 Å². The zero-order chi connectivity index (χ0) is 18.4. The lowest BCUT2D eigenvalue weighted by Crippen LogP contribution is -2.40. The van der Waals surface area contributed by atoms with Crippen molar-refractivity contribution >= 4 is 5.97 Å². The van der Waals surface area contributed by atoms with Crippen LogP contribution in [0.5, 0.6) is 0 Å². The molecule has 1 aromatic carbocycles. The summed E-state index contributed by atoms with van der Waals surface area (Å²) in [5.41, 5.74) is 3.90. The highest BCUT2D eigenvalue weighted by Crippen LogP contribution is 2.24. The number of rotatable bonds is 7. The summed E-state index contributed by atoms with van der Waals surface area (Å²) < 4.78 is 7.25. The molecule has 1 heterocycles. The third-order valence-electron chi connectivity index (χ3n) is 5.54. The van der Waals surface area contributed by atoms with Crippen molar-refractivity contribution in [2.24, 2.45) is 0 Å². The van der Waals surface area contributed by atoms with Crippen LogP contribution in [0.3, 0.4) is 0 Å². The van der Waals surface area contributed by atoms with Crippen LogP contribution in [0.1, 0.15) is 48.9 Å². The molecule has 0 aliphatic heterocycles. The van der Waals surface area contributed by atoms with Crippen LogP contribution in [-0.2, 0) is 22.6 Å². The van der Waals surface area contributed by atoms with Gasteiger partial charge in [0.1, 0.15) is 0 Å². The van der Waals surface area contributed by atoms with Gasteiger partial charge in [0.15, 0.2) is 0 Å². The number of nitrogens with zero attached hydrogens (tertiary/aromatic N) is 2. The standard InChI is InChI=1S/C22H30N2O2/c1-18-9-6-7-10-19(18)15-23-14-8-13-21(23)16-24(17-22(25)26-2)20-11-4-3-5-12-20/h6-10,13-14,20H,3-5,11-12,15-17H2,1-2H3. The molecule has 4 nitrogen and oxygen atoms in total. The van der Waals surface area contributed by atoms with Crippen molar-refractivity contribution in [2.75, 3.05) is 13.7 Å². The van der Waals surface area contributed by atoms with E-state index in [-0.39, 0.29) is 5.97 Å². The van der Waals surface area contributed by atoms with Crippen LogP contribution in [0.15, 0.2) is 42.6 Å². The van der Waals surface area contributed by atoms with E-state index in [1.165, 1.54) is 56.0 Å². The summed E-state index contributed by atoms with van der Waals surface area (Å²) in [6, 6.07) is 13.3. The fourth-order valence-electron chi connectivity index (χ4n) is 3.92. The van der Waals surface area contributed by atoms with Gasteiger partial charge < -0.3 is 9.30 Å². The molecular weight excluding hydrogens is 324 g/mol. The smallest absolute Gasteiger partial charge is 0.319 e. The molecule has 1 aromatic heterocycles. The number of benzene rings is 1. The molecule has 140 valence electrons. The molecule has 4 heteroatoms. The minimum absolute atomic E-state index is 0.146. The van der Waals surface area contributed by atoms with Gasteiger partial charge in [-0.3, -0.25) is 9.69 Å². The molecule has 2 aromatic rings. The normalized spacial score (nSPS) is 15.3. The predicted molar refractivity (Wildman–Crippen MR) is 104 cm³/mol. The highest BCUT2D eigenvalue weighted by molar-refractivity contribution is 5.71. The van der Waals surface area contributed by atoms with Crippen molar-refractivity contribution in [2.45, 2.75) is 58.2 Å². The van der Waals surface area contributed by atoms with E-state index in [1.54, 1.807) is 0 Å². The number of aromatic nitrogens is 1. The van der Waals surface area contributed by atoms with Gasteiger partial charge in [-0.2, -0.15) is 0 Å². The molecule has 3 rings (SSSR count). The number of methoxy groups -OCH3 is 1. The van der Waals surface area contributed by atoms with Gasteiger partial charge in [-0.25, -0.2) is 0 Å². The summed E-state index contributed by atoms with van der Waals surface area (Å²) in [5.74, 6) is -0.146. The summed E-state index contributed by atoms with van der Waals surface area (Å²) in [5, 5.41) is 0. The molecule has 1 aliphatic carbocycles. The largest absolute Gasteiger partial charge is 0.468 e. The Balaban J connectivity index is 1.75. The number of carbonyl (C=O) groups excluding carboxylic acids is 1. The van der Waals surface area contributed by atoms with E-state index in [4.69, 9.17) is 4.74 Å². The molecule has 0 bridgehead atoms. The monoisotopic (exact) mass is 354 g/mol. The lowest BCUT2D eigenvalue weighted by Gasteiger charge is -2.33. The molecule has 0 radical (unpaired) electrons. The van der Waals surface area contributed by atoms with Crippen LogP contribution in [0.25, 0.3) is 0 Å². The first-order chi connectivity index (χ1) is 12.7. The summed E-state index contributed by atoms with van der Waals surface area (Å²) in [6.45, 7) is 4.19. The van der Waals surface area contributed by atoms with Crippen LogP contribution in [-0.4, -0.2) is 35.1 Å².